The van der Waals surface area contributed by atoms with Crippen LogP contribution in [0, 0.1) is 30.9 Å². The van der Waals surface area contributed by atoms with Gasteiger partial charge in [-0.1, -0.05) is 19.9 Å². The zero-order valence-corrected chi connectivity index (χ0v) is 22.2. The molecule has 0 amide bonds. The highest BCUT2D eigenvalue weighted by Gasteiger charge is 2.29. The van der Waals surface area contributed by atoms with Crippen LogP contribution in [0.25, 0.3) is 11.1 Å². The van der Waals surface area contributed by atoms with E-state index in [9.17, 15) is 14.3 Å². The first-order valence-electron chi connectivity index (χ1n) is 12.7. The molecule has 0 saturated carbocycles. The van der Waals surface area contributed by atoms with Gasteiger partial charge in [0, 0.05) is 53.9 Å². The molecule has 0 spiro atoms. The van der Waals surface area contributed by atoms with Crippen molar-refractivity contribution in [2.24, 2.45) is 5.41 Å². The number of carboxylic acids is 1. The van der Waals surface area contributed by atoms with Crippen molar-refractivity contribution in [3.8, 4) is 22.8 Å². The van der Waals surface area contributed by atoms with Crippen molar-refractivity contribution >= 4 is 11.7 Å². The first-order chi connectivity index (χ1) is 18.0. The van der Waals surface area contributed by atoms with Gasteiger partial charge in [0.2, 0.25) is 0 Å². The monoisotopic (exact) mass is 525 g/mol. The van der Waals surface area contributed by atoms with Crippen LogP contribution in [0.1, 0.15) is 43.5 Å². The largest absolute Gasteiger partial charge is 0.490 e. The number of pyridine rings is 2. The van der Waals surface area contributed by atoms with Crippen LogP contribution in [-0.2, 0) is 11.2 Å². The lowest BCUT2D eigenvalue weighted by molar-refractivity contribution is -0.136. The molecule has 1 fully saturated rings. The van der Waals surface area contributed by atoms with Crippen LogP contribution in [0.2, 0.25) is 0 Å². The molecule has 1 aliphatic rings. The number of benzene rings is 1. The van der Waals surface area contributed by atoms with Crippen molar-refractivity contribution in [2.45, 2.75) is 47.0 Å². The summed E-state index contributed by atoms with van der Waals surface area (Å²) in [6.45, 7) is 9.53. The molecule has 202 valence electrons. The number of nitrogens with zero attached hydrogens (tertiary/aromatic N) is 3. The van der Waals surface area contributed by atoms with Crippen LogP contribution in [-0.4, -0.2) is 47.3 Å². The number of carbonyl (C=O) groups is 1. The van der Waals surface area contributed by atoms with Gasteiger partial charge in [-0.3, -0.25) is 9.78 Å². The van der Waals surface area contributed by atoms with Gasteiger partial charge in [-0.25, -0.2) is 13.8 Å². The van der Waals surface area contributed by atoms with Crippen molar-refractivity contribution in [3.63, 3.8) is 0 Å². The van der Waals surface area contributed by atoms with E-state index in [1.54, 1.807) is 32.2 Å². The van der Waals surface area contributed by atoms with Gasteiger partial charge in [-0.05, 0) is 49.8 Å². The normalized spacial score (nSPS) is 14.8. The van der Waals surface area contributed by atoms with E-state index in [-0.39, 0.29) is 36.7 Å². The molecule has 0 atom stereocenters. The Labute approximate surface area is 221 Å². The number of carboxylic acid groups (broad SMARTS) is 1. The Kier molecular flexibility index (Phi) is 8.14. The maximum absolute atomic E-state index is 15.0. The topological polar surface area (TPSA) is 84.8 Å². The van der Waals surface area contributed by atoms with E-state index >= 15 is 4.39 Å². The molecular weight excluding hydrogens is 492 g/mol. The fraction of sp³-hybridized carbons (Fsp3) is 0.414. The Morgan fingerprint density at radius 2 is 1.74 bits per heavy atom. The highest BCUT2D eigenvalue weighted by molar-refractivity contribution is 5.84. The minimum atomic E-state index is -0.950. The van der Waals surface area contributed by atoms with E-state index in [1.165, 1.54) is 18.3 Å². The number of aliphatic carboxylic acids is 1. The number of aryl methyl sites for hydroxylation is 2. The molecule has 7 nitrogen and oxygen atoms in total. The molecule has 0 bridgehead atoms. The summed E-state index contributed by atoms with van der Waals surface area (Å²) in [6, 6.07) is 5.89. The fourth-order valence-electron chi connectivity index (χ4n) is 4.55. The Hall–Kier alpha value is -3.75. The third-order valence-corrected chi connectivity index (χ3v) is 6.98. The van der Waals surface area contributed by atoms with E-state index in [1.807, 2.05) is 0 Å². The van der Waals surface area contributed by atoms with Crippen LogP contribution in [0.3, 0.4) is 0 Å². The fourth-order valence-corrected chi connectivity index (χ4v) is 4.55. The van der Waals surface area contributed by atoms with E-state index in [0.29, 0.717) is 33.7 Å². The molecule has 3 aromatic rings. The number of piperidine rings is 1. The van der Waals surface area contributed by atoms with Crippen molar-refractivity contribution in [3.05, 3.63) is 65.1 Å². The summed E-state index contributed by atoms with van der Waals surface area (Å²) in [4.78, 5) is 22.5. The summed E-state index contributed by atoms with van der Waals surface area (Å²) in [5, 5.41) is 9.58. The molecule has 0 aliphatic carbocycles. The van der Waals surface area contributed by atoms with Gasteiger partial charge in [0.05, 0.1) is 12.1 Å². The number of ether oxygens (including phenoxy) is 2. The van der Waals surface area contributed by atoms with Gasteiger partial charge in [-0.15, -0.1) is 0 Å². The summed E-state index contributed by atoms with van der Waals surface area (Å²) in [5.41, 5.74) is 3.87. The maximum atomic E-state index is 15.0. The smallest absolute Gasteiger partial charge is 0.307 e. The second kappa shape index (κ2) is 11.3. The first kappa shape index (κ1) is 27.3. The van der Waals surface area contributed by atoms with Crippen molar-refractivity contribution in [2.75, 3.05) is 31.2 Å². The van der Waals surface area contributed by atoms with Gasteiger partial charge in [0.1, 0.15) is 24.8 Å². The second-order valence-corrected chi connectivity index (χ2v) is 10.4. The number of anilines is 1. The molecule has 2 aromatic heterocycles. The van der Waals surface area contributed by atoms with Crippen molar-refractivity contribution in [1.82, 2.24) is 9.97 Å². The first-order valence-corrected chi connectivity index (χ1v) is 12.7. The minimum Gasteiger partial charge on any atom is -0.490 e. The molecule has 0 unspecified atom stereocenters. The lowest BCUT2D eigenvalue weighted by atomic mass is 9.82. The number of aromatic nitrogens is 2. The SMILES string of the molecule is Cc1ccc(OCCOc2ncc(-c3cnc(C)c(CC(=O)O)c3N3CCC(C)(C)CC3)cc2F)cc1F. The van der Waals surface area contributed by atoms with E-state index < -0.39 is 11.8 Å². The Bertz CT molecular complexity index is 1320. The third-order valence-electron chi connectivity index (χ3n) is 6.98. The average Bonchev–Trinajstić information content (AvgIpc) is 2.86. The molecule has 4 rings (SSSR count). The Morgan fingerprint density at radius 3 is 2.39 bits per heavy atom. The number of halogens is 2. The molecule has 1 aliphatic heterocycles. The van der Waals surface area contributed by atoms with Crippen LogP contribution in [0.15, 0.2) is 36.7 Å². The number of rotatable bonds is 9. The third kappa shape index (κ3) is 6.38. The molecule has 1 aromatic carbocycles. The van der Waals surface area contributed by atoms with Crippen molar-refractivity contribution in [1.29, 1.82) is 0 Å². The molecule has 0 radical (unpaired) electrons. The van der Waals surface area contributed by atoms with Gasteiger partial charge in [0.25, 0.3) is 5.88 Å². The summed E-state index contributed by atoms with van der Waals surface area (Å²) >= 11 is 0. The summed E-state index contributed by atoms with van der Waals surface area (Å²) in [6.07, 6.45) is 4.89. The zero-order valence-electron chi connectivity index (χ0n) is 22.2. The van der Waals surface area contributed by atoms with Crippen LogP contribution in [0.4, 0.5) is 14.5 Å². The van der Waals surface area contributed by atoms with Crippen molar-refractivity contribution < 1.29 is 28.2 Å². The molecular formula is C29H33F2N3O4. The van der Waals surface area contributed by atoms with Gasteiger partial charge < -0.3 is 19.5 Å². The summed E-state index contributed by atoms with van der Waals surface area (Å²) < 4.78 is 39.6. The van der Waals surface area contributed by atoms with Gasteiger partial charge in [0.15, 0.2) is 5.82 Å². The summed E-state index contributed by atoms with van der Waals surface area (Å²) in [7, 11) is 0. The minimum absolute atomic E-state index is 0.0163. The van der Waals surface area contributed by atoms with Gasteiger partial charge in [-0.2, -0.15) is 0 Å². The Morgan fingerprint density at radius 1 is 1.03 bits per heavy atom. The van der Waals surface area contributed by atoms with E-state index in [0.717, 1.165) is 31.6 Å². The zero-order chi connectivity index (χ0) is 27.4. The quantitative estimate of drug-likeness (QED) is 0.356. The molecule has 1 saturated heterocycles. The lowest BCUT2D eigenvalue weighted by Gasteiger charge is -2.40. The van der Waals surface area contributed by atoms with Crippen LogP contribution >= 0.6 is 0 Å². The van der Waals surface area contributed by atoms with Gasteiger partial charge >= 0.3 is 5.97 Å². The molecule has 38 heavy (non-hydrogen) atoms. The van der Waals surface area contributed by atoms with E-state index in [2.05, 4.69) is 28.7 Å². The van der Waals surface area contributed by atoms with Crippen LogP contribution in [0.5, 0.6) is 11.6 Å². The van der Waals surface area contributed by atoms with Crippen LogP contribution < -0.4 is 14.4 Å². The molecule has 9 heteroatoms. The second-order valence-electron chi connectivity index (χ2n) is 10.4. The number of hydrogen-bond acceptors (Lipinski definition) is 6. The summed E-state index contributed by atoms with van der Waals surface area (Å²) in [5.74, 6) is -1.79. The standard InChI is InChI=1S/C29H33F2N3O4/c1-18-5-6-21(14-24(18)30)37-11-12-38-28-25(31)13-20(16-33-28)23-17-32-19(2)22(15-26(35)36)27(23)34-9-7-29(3,4)8-10-34/h5-6,13-14,16-17H,7-12,15H2,1-4H3,(H,35,36). The highest BCUT2D eigenvalue weighted by atomic mass is 19.1. The Balaban J connectivity index is 1.54. The average molecular weight is 526 g/mol. The maximum Gasteiger partial charge on any atom is 0.307 e. The molecule has 3 heterocycles. The highest BCUT2D eigenvalue weighted by Crippen LogP contribution is 2.40. The molecule has 1 N–H and O–H groups in total. The van der Waals surface area contributed by atoms with E-state index in [4.69, 9.17) is 9.47 Å². The predicted molar refractivity (Wildman–Crippen MR) is 141 cm³/mol. The number of hydrogen-bond donors (Lipinski definition) is 1. The predicted octanol–water partition coefficient (Wildman–Crippen LogP) is 5.75. The lowest BCUT2D eigenvalue weighted by Crippen LogP contribution is -2.38.